The zero-order valence-electron chi connectivity index (χ0n) is 10.7. The third-order valence-corrected chi connectivity index (χ3v) is 4.31. The minimum atomic E-state index is -0.537. The van der Waals surface area contributed by atoms with Crippen LogP contribution in [0.25, 0.3) is 5.65 Å². The van der Waals surface area contributed by atoms with E-state index in [9.17, 15) is 5.11 Å². The van der Waals surface area contributed by atoms with Crippen LogP contribution in [0, 0.1) is 0 Å². The van der Waals surface area contributed by atoms with Crippen LogP contribution >= 0.6 is 22.9 Å². The molecule has 3 heterocycles. The third kappa shape index (κ3) is 3.02. The molecule has 3 aromatic rings. The molecule has 20 heavy (non-hydrogen) atoms. The van der Waals surface area contributed by atoms with Crippen LogP contribution in [0.4, 0.5) is 0 Å². The summed E-state index contributed by atoms with van der Waals surface area (Å²) in [6, 6.07) is 9.54. The summed E-state index contributed by atoms with van der Waals surface area (Å²) in [5, 5.41) is 13.2. The SMILES string of the molecule is OC(CNCc1cn2ccccc2n1)c1ccc(Cl)s1. The van der Waals surface area contributed by atoms with Crippen molar-refractivity contribution in [1.29, 1.82) is 0 Å². The van der Waals surface area contributed by atoms with Gasteiger partial charge < -0.3 is 14.8 Å². The largest absolute Gasteiger partial charge is 0.386 e. The molecule has 4 nitrogen and oxygen atoms in total. The number of hydrogen-bond acceptors (Lipinski definition) is 4. The van der Waals surface area contributed by atoms with Crippen LogP contribution in [0.5, 0.6) is 0 Å². The van der Waals surface area contributed by atoms with E-state index in [1.54, 1.807) is 6.07 Å². The monoisotopic (exact) mass is 307 g/mol. The molecule has 3 rings (SSSR count). The lowest BCUT2D eigenvalue weighted by atomic mass is 10.3. The van der Waals surface area contributed by atoms with Crippen molar-refractivity contribution in [2.45, 2.75) is 12.6 Å². The van der Waals surface area contributed by atoms with Crippen LogP contribution < -0.4 is 5.32 Å². The average Bonchev–Trinajstić information content (AvgIpc) is 3.04. The standard InChI is InChI=1S/C14H14ClN3OS/c15-13-5-4-12(20-13)11(19)8-16-7-10-9-18-6-2-1-3-14(18)17-10/h1-6,9,11,16,19H,7-8H2. The van der Waals surface area contributed by atoms with Crippen molar-refractivity contribution >= 4 is 28.6 Å². The van der Waals surface area contributed by atoms with Gasteiger partial charge >= 0.3 is 0 Å². The number of halogens is 1. The lowest BCUT2D eigenvalue weighted by molar-refractivity contribution is 0.178. The number of nitrogens with one attached hydrogen (secondary N) is 1. The molecular weight excluding hydrogens is 294 g/mol. The van der Waals surface area contributed by atoms with Crippen LogP contribution in [0.3, 0.4) is 0 Å². The molecule has 3 aromatic heterocycles. The highest BCUT2D eigenvalue weighted by Gasteiger charge is 2.10. The normalized spacial score (nSPS) is 12.9. The lowest BCUT2D eigenvalue weighted by Crippen LogP contribution is -2.20. The molecule has 104 valence electrons. The zero-order valence-corrected chi connectivity index (χ0v) is 12.2. The molecular formula is C14H14ClN3OS. The van der Waals surface area contributed by atoms with Gasteiger partial charge in [-0.15, -0.1) is 11.3 Å². The minimum Gasteiger partial charge on any atom is -0.386 e. The Labute approximate surface area is 125 Å². The van der Waals surface area contributed by atoms with Crippen molar-refractivity contribution in [3.8, 4) is 0 Å². The van der Waals surface area contributed by atoms with Gasteiger partial charge in [0.1, 0.15) is 11.8 Å². The van der Waals surface area contributed by atoms with Crippen LogP contribution in [-0.2, 0) is 6.54 Å². The highest BCUT2D eigenvalue weighted by Crippen LogP contribution is 2.26. The fraction of sp³-hybridized carbons (Fsp3) is 0.214. The summed E-state index contributed by atoms with van der Waals surface area (Å²) in [7, 11) is 0. The predicted octanol–water partition coefficient (Wildman–Crippen LogP) is 2.87. The second-order valence-electron chi connectivity index (χ2n) is 4.49. The summed E-state index contributed by atoms with van der Waals surface area (Å²) < 4.78 is 2.67. The van der Waals surface area contributed by atoms with E-state index in [0.29, 0.717) is 17.4 Å². The van der Waals surface area contributed by atoms with Gasteiger partial charge in [0.15, 0.2) is 0 Å². The van der Waals surface area contributed by atoms with Gasteiger partial charge in [0.05, 0.1) is 10.0 Å². The van der Waals surface area contributed by atoms with Gasteiger partial charge in [0.25, 0.3) is 0 Å². The van der Waals surface area contributed by atoms with Crippen molar-refractivity contribution < 1.29 is 5.11 Å². The Morgan fingerprint density at radius 3 is 3.00 bits per heavy atom. The molecule has 0 amide bonds. The molecule has 0 aromatic carbocycles. The molecule has 0 aliphatic heterocycles. The summed E-state index contributed by atoms with van der Waals surface area (Å²) in [6.45, 7) is 1.10. The summed E-state index contributed by atoms with van der Waals surface area (Å²) >= 11 is 7.26. The molecule has 0 bridgehead atoms. The number of rotatable bonds is 5. The smallest absolute Gasteiger partial charge is 0.137 e. The number of aliphatic hydroxyl groups is 1. The summed E-state index contributed by atoms with van der Waals surface area (Å²) in [4.78, 5) is 5.36. The van der Waals surface area contributed by atoms with Gasteiger partial charge in [-0.2, -0.15) is 0 Å². The first-order chi connectivity index (χ1) is 9.72. The van der Waals surface area contributed by atoms with Crippen LogP contribution in [0.2, 0.25) is 4.34 Å². The minimum absolute atomic E-state index is 0.477. The Hall–Kier alpha value is -1.40. The number of hydrogen-bond donors (Lipinski definition) is 2. The van der Waals surface area contributed by atoms with Crippen molar-refractivity contribution in [3.63, 3.8) is 0 Å². The first-order valence-electron chi connectivity index (χ1n) is 6.29. The van der Waals surface area contributed by atoms with Crippen LogP contribution in [0.1, 0.15) is 16.7 Å². The van der Waals surface area contributed by atoms with Crippen molar-refractivity contribution in [2.75, 3.05) is 6.54 Å². The first-order valence-corrected chi connectivity index (χ1v) is 7.48. The molecule has 0 spiro atoms. The van der Waals surface area contributed by atoms with Gasteiger partial charge in [-0.05, 0) is 24.3 Å². The van der Waals surface area contributed by atoms with E-state index in [1.165, 1.54) is 11.3 Å². The van der Waals surface area contributed by atoms with Crippen molar-refractivity contribution in [1.82, 2.24) is 14.7 Å². The first kappa shape index (κ1) is 13.6. The number of pyridine rings is 1. The maximum Gasteiger partial charge on any atom is 0.137 e. The van der Waals surface area contributed by atoms with E-state index in [1.807, 2.05) is 41.1 Å². The Balaban J connectivity index is 1.57. The molecule has 0 aliphatic rings. The molecule has 0 saturated carbocycles. The van der Waals surface area contributed by atoms with Gasteiger partial charge in [-0.1, -0.05) is 17.7 Å². The van der Waals surface area contributed by atoms with E-state index in [2.05, 4.69) is 10.3 Å². The maximum atomic E-state index is 10.0. The van der Waals surface area contributed by atoms with Crippen LogP contribution in [0.15, 0.2) is 42.7 Å². The number of thiophene rings is 1. The van der Waals surface area contributed by atoms with Gasteiger partial charge in [-0.3, -0.25) is 0 Å². The fourth-order valence-corrected chi connectivity index (χ4v) is 3.06. The summed E-state index contributed by atoms with van der Waals surface area (Å²) in [5.41, 5.74) is 1.88. The number of aromatic nitrogens is 2. The highest BCUT2D eigenvalue weighted by molar-refractivity contribution is 7.16. The third-order valence-electron chi connectivity index (χ3n) is 2.98. The molecule has 0 radical (unpaired) electrons. The van der Waals surface area contributed by atoms with Gasteiger partial charge in [0.2, 0.25) is 0 Å². The molecule has 0 aliphatic carbocycles. The number of fused-ring (bicyclic) bond motifs is 1. The van der Waals surface area contributed by atoms with Gasteiger partial charge in [-0.25, -0.2) is 4.98 Å². The Morgan fingerprint density at radius 1 is 1.35 bits per heavy atom. The highest BCUT2D eigenvalue weighted by atomic mass is 35.5. The van der Waals surface area contributed by atoms with Crippen LogP contribution in [-0.4, -0.2) is 21.0 Å². The summed E-state index contributed by atoms with van der Waals surface area (Å²) in [5.74, 6) is 0. The number of nitrogens with zero attached hydrogens (tertiary/aromatic N) is 2. The quantitative estimate of drug-likeness (QED) is 0.762. The average molecular weight is 308 g/mol. The second kappa shape index (κ2) is 5.93. The Morgan fingerprint density at radius 2 is 2.25 bits per heavy atom. The molecule has 0 fully saturated rings. The predicted molar refractivity (Wildman–Crippen MR) is 81.2 cm³/mol. The zero-order chi connectivity index (χ0) is 13.9. The maximum absolute atomic E-state index is 10.0. The van der Waals surface area contributed by atoms with E-state index in [4.69, 9.17) is 11.6 Å². The molecule has 0 saturated heterocycles. The van der Waals surface area contributed by atoms with Crippen molar-refractivity contribution in [3.05, 3.63) is 57.6 Å². The topological polar surface area (TPSA) is 49.6 Å². The molecule has 6 heteroatoms. The molecule has 2 N–H and O–H groups in total. The van der Waals surface area contributed by atoms with Gasteiger partial charge in [0, 0.05) is 30.4 Å². The van der Waals surface area contributed by atoms with Crippen molar-refractivity contribution in [2.24, 2.45) is 0 Å². The van der Waals surface area contributed by atoms with E-state index < -0.39 is 6.10 Å². The Bertz CT molecular complexity index is 676. The van der Waals surface area contributed by atoms with E-state index in [-0.39, 0.29) is 0 Å². The molecule has 1 atom stereocenters. The molecule has 1 unspecified atom stereocenters. The van der Waals surface area contributed by atoms with E-state index in [0.717, 1.165) is 16.2 Å². The lowest BCUT2D eigenvalue weighted by Gasteiger charge is -2.08. The second-order valence-corrected chi connectivity index (χ2v) is 6.23. The summed E-state index contributed by atoms with van der Waals surface area (Å²) in [6.07, 6.45) is 3.41. The number of imidazole rings is 1. The number of aliphatic hydroxyl groups excluding tert-OH is 1. The van der Waals surface area contributed by atoms with E-state index >= 15 is 0 Å². The Kier molecular flexibility index (Phi) is 4.03. The fourth-order valence-electron chi connectivity index (χ4n) is 2.02.